The molecule has 0 aliphatic carbocycles. The van der Waals surface area contributed by atoms with E-state index in [1.54, 1.807) is 0 Å². The van der Waals surface area contributed by atoms with Crippen LogP contribution in [0.2, 0.25) is 0 Å². The van der Waals surface area contributed by atoms with Crippen molar-refractivity contribution in [3.63, 3.8) is 0 Å². The van der Waals surface area contributed by atoms with Crippen LogP contribution in [0.1, 0.15) is 45.1 Å². The molecule has 3 rings (SSSR count). The lowest BCUT2D eigenvalue weighted by Gasteiger charge is -2.42. The van der Waals surface area contributed by atoms with Gasteiger partial charge in [0.1, 0.15) is 12.0 Å². The van der Waals surface area contributed by atoms with Gasteiger partial charge in [-0.3, -0.25) is 19.3 Å². The number of hydrogen-bond acceptors (Lipinski definition) is 6. The van der Waals surface area contributed by atoms with Crippen LogP contribution in [0, 0.1) is 11.3 Å². The van der Waals surface area contributed by atoms with Crippen LogP contribution in [-0.4, -0.2) is 71.4 Å². The summed E-state index contributed by atoms with van der Waals surface area (Å²) < 4.78 is 5.47. The highest BCUT2D eigenvalue weighted by molar-refractivity contribution is 6.06. The number of ketones is 1. The van der Waals surface area contributed by atoms with Crippen LogP contribution >= 0.6 is 0 Å². The number of Topliss-reactive ketones (excluding diaryl/α,β-unsaturated/α-hetero) is 1. The number of ether oxygens (including phenoxy) is 1. The average Bonchev–Trinajstić information content (AvgIpc) is 2.82. The first-order valence-corrected chi connectivity index (χ1v) is 11.3. The number of aliphatic carboxylic acids is 1. The summed E-state index contributed by atoms with van der Waals surface area (Å²) in [5.41, 5.74) is -0.376. The van der Waals surface area contributed by atoms with E-state index >= 15 is 0 Å². The summed E-state index contributed by atoms with van der Waals surface area (Å²) in [7, 11) is 0. The predicted molar refractivity (Wildman–Crippen MR) is 116 cm³/mol. The zero-order valence-corrected chi connectivity index (χ0v) is 18.6. The normalized spacial score (nSPS) is 24.5. The van der Waals surface area contributed by atoms with E-state index in [1.165, 1.54) is 0 Å². The van der Waals surface area contributed by atoms with Crippen molar-refractivity contribution in [2.75, 3.05) is 32.7 Å². The molecule has 2 atom stereocenters. The molecule has 7 nitrogen and oxygen atoms in total. The number of hydrogen-bond donors (Lipinski definition) is 1. The van der Waals surface area contributed by atoms with Crippen LogP contribution in [0.3, 0.4) is 0 Å². The van der Waals surface area contributed by atoms with Crippen molar-refractivity contribution in [1.82, 2.24) is 9.80 Å². The Labute approximate surface area is 184 Å². The van der Waals surface area contributed by atoms with Gasteiger partial charge in [0.2, 0.25) is 0 Å². The molecule has 0 bridgehead atoms. The van der Waals surface area contributed by atoms with Crippen molar-refractivity contribution in [2.45, 2.75) is 52.2 Å². The average molecular weight is 431 g/mol. The van der Waals surface area contributed by atoms with Gasteiger partial charge in [-0.25, -0.2) is 0 Å². The molecule has 7 heteroatoms. The molecule has 0 spiro atoms. The maximum atomic E-state index is 13.4. The first-order chi connectivity index (χ1) is 14.9. The minimum Gasteiger partial charge on any atom is -0.480 e. The van der Waals surface area contributed by atoms with Gasteiger partial charge in [0.25, 0.3) is 0 Å². The van der Waals surface area contributed by atoms with E-state index in [2.05, 4.69) is 4.90 Å². The Morgan fingerprint density at radius 2 is 1.84 bits per heavy atom. The highest BCUT2D eigenvalue weighted by Crippen LogP contribution is 2.34. The molecule has 2 aliphatic rings. The fourth-order valence-electron chi connectivity index (χ4n) is 4.83. The van der Waals surface area contributed by atoms with Gasteiger partial charge < -0.3 is 14.7 Å². The van der Waals surface area contributed by atoms with Crippen molar-refractivity contribution >= 4 is 17.7 Å². The number of carboxylic acids is 1. The van der Waals surface area contributed by atoms with Gasteiger partial charge in [-0.15, -0.1) is 0 Å². The van der Waals surface area contributed by atoms with Gasteiger partial charge in [-0.2, -0.15) is 0 Å². The second kappa shape index (κ2) is 10.4. The summed E-state index contributed by atoms with van der Waals surface area (Å²) in [6, 6.07) is 9.12. The molecule has 2 saturated heterocycles. The molecule has 1 aromatic rings. The van der Waals surface area contributed by atoms with Crippen molar-refractivity contribution in [1.29, 1.82) is 0 Å². The summed E-state index contributed by atoms with van der Waals surface area (Å²) in [4.78, 5) is 42.1. The number of esters is 1. The Morgan fingerprint density at radius 1 is 1.16 bits per heavy atom. The zero-order valence-electron chi connectivity index (χ0n) is 18.6. The van der Waals surface area contributed by atoms with Crippen molar-refractivity contribution < 1.29 is 24.2 Å². The smallest absolute Gasteiger partial charge is 0.318 e. The van der Waals surface area contributed by atoms with E-state index in [0.29, 0.717) is 38.8 Å². The molecule has 0 radical (unpaired) electrons. The fourth-order valence-corrected chi connectivity index (χ4v) is 4.83. The van der Waals surface area contributed by atoms with Crippen molar-refractivity contribution in [2.24, 2.45) is 11.3 Å². The number of carbonyl (C=O) groups is 3. The number of piperidine rings is 2. The number of benzene rings is 1. The Hall–Kier alpha value is -2.25. The summed E-state index contributed by atoms with van der Waals surface area (Å²) in [5, 5.41) is 9.96. The van der Waals surface area contributed by atoms with Gasteiger partial charge in [0.15, 0.2) is 5.78 Å². The lowest BCUT2D eigenvalue weighted by atomic mass is 9.73. The van der Waals surface area contributed by atoms with Gasteiger partial charge in [-0.05, 0) is 64.3 Å². The molecule has 1 aromatic carbocycles. The molecule has 2 heterocycles. The van der Waals surface area contributed by atoms with Crippen LogP contribution in [0.25, 0.3) is 0 Å². The first-order valence-electron chi connectivity index (χ1n) is 11.3. The Balaban J connectivity index is 1.55. The lowest BCUT2D eigenvalue weighted by Crippen LogP contribution is -2.58. The monoisotopic (exact) mass is 430 g/mol. The van der Waals surface area contributed by atoms with Crippen LogP contribution in [0.15, 0.2) is 30.3 Å². The van der Waals surface area contributed by atoms with Crippen molar-refractivity contribution in [3.05, 3.63) is 35.9 Å². The standard InChI is InChI=1S/C24H34N2O5/c1-3-25-13-7-12-24(17-25,23(29)30)21(27)18(2)26-14-10-20(11-15-26)22(28)31-16-19-8-5-4-6-9-19/h4-6,8-9,18,20H,3,7,10-17H2,1-2H3,(H,29,30). The Kier molecular flexibility index (Phi) is 7.84. The molecule has 1 N–H and O–H groups in total. The molecular formula is C24H34N2O5. The Bertz CT molecular complexity index is 775. The summed E-state index contributed by atoms with van der Waals surface area (Å²) in [5.74, 6) is -1.60. The summed E-state index contributed by atoms with van der Waals surface area (Å²) in [6.45, 7) is 7.11. The minimum absolute atomic E-state index is 0.180. The third-order valence-corrected chi connectivity index (χ3v) is 6.91. The maximum Gasteiger partial charge on any atom is 0.318 e. The SMILES string of the molecule is CCN1CCCC(C(=O)O)(C(=O)C(C)N2CCC(C(=O)OCc3ccccc3)CC2)C1. The highest BCUT2D eigenvalue weighted by atomic mass is 16.5. The summed E-state index contributed by atoms with van der Waals surface area (Å²) >= 11 is 0. The zero-order chi connectivity index (χ0) is 22.4. The largest absolute Gasteiger partial charge is 0.480 e. The Morgan fingerprint density at radius 3 is 2.45 bits per heavy atom. The fraction of sp³-hybridized carbons (Fsp3) is 0.625. The van der Waals surface area contributed by atoms with Crippen LogP contribution in [0.5, 0.6) is 0 Å². The van der Waals surface area contributed by atoms with Gasteiger partial charge in [0, 0.05) is 6.54 Å². The van der Waals surface area contributed by atoms with E-state index in [-0.39, 0.29) is 30.8 Å². The van der Waals surface area contributed by atoms with Crippen LogP contribution < -0.4 is 0 Å². The minimum atomic E-state index is -1.33. The third-order valence-electron chi connectivity index (χ3n) is 6.91. The number of rotatable bonds is 8. The van der Waals surface area contributed by atoms with E-state index < -0.39 is 17.4 Å². The predicted octanol–water partition coefficient (Wildman–Crippen LogP) is 2.59. The first kappa shape index (κ1) is 23.4. The number of carbonyl (C=O) groups excluding carboxylic acids is 2. The third kappa shape index (κ3) is 5.33. The molecule has 0 saturated carbocycles. The topological polar surface area (TPSA) is 87.2 Å². The van der Waals surface area contributed by atoms with Gasteiger partial charge >= 0.3 is 11.9 Å². The van der Waals surface area contributed by atoms with Crippen LogP contribution in [0.4, 0.5) is 0 Å². The molecule has 2 fully saturated rings. The molecule has 0 amide bonds. The van der Waals surface area contributed by atoms with Gasteiger partial charge in [-0.1, -0.05) is 37.3 Å². The summed E-state index contributed by atoms with van der Waals surface area (Å²) in [6.07, 6.45) is 2.34. The number of likely N-dealkylation sites (tertiary alicyclic amines) is 2. The van der Waals surface area contributed by atoms with Crippen molar-refractivity contribution in [3.8, 4) is 0 Å². The lowest BCUT2D eigenvalue weighted by molar-refractivity contribution is -0.161. The number of carboxylic acid groups (broad SMARTS) is 1. The second-order valence-corrected chi connectivity index (χ2v) is 8.80. The molecular weight excluding hydrogens is 396 g/mol. The molecule has 31 heavy (non-hydrogen) atoms. The van der Waals surface area contributed by atoms with E-state index in [4.69, 9.17) is 4.74 Å². The molecule has 2 unspecified atom stereocenters. The van der Waals surface area contributed by atoms with E-state index in [0.717, 1.165) is 18.7 Å². The second-order valence-electron chi connectivity index (χ2n) is 8.80. The highest BCUT2D eigenvalue weighted by Gasteiger charge is 2.51. The molecule has 170 valence electrons. The van der Waals surface area contributed by atoms with Gasteiger partial charge in [0.05, 0.1) is 12.0 Å². The maximum absolute atomic E-state index is 13.4. The number of nitrogens with zero attached hydrogens (tertiary/aromatic N) is 2. The molecule has 0 aromatic heterocycles. The quantitative estimate of drug-likeness (QED) is 0.501. The molecule has 2 aliphatic heterocycles. The van der Waals surface area contributed by atoms with Crippen LogP contribution in [-0.2, 0) is 25.7 Å². The van der Waals surface area contributed by atoms with E-state index in [9.17, 15) is 19.5 Å². The van der Waals surface area contributed by atoms with E-state index in [1.807, 2.05) is 49.1 Å².